The Bertz CT molecular complexity index is 973. The van der Waals surface area contributed by atoms with Gasteiger partial charge in [-0.05, 0) is 30.3 Å². The molecule has 3 aromatic rings. The minimum atomic E-state index is -2.72. The minimum absolute atomic E-state index is 0.106. The van der Waals surface area contributed by atoms with Crippen molar-refractivity contribution in [2.45, 2.75) is 6.43 Å². The van der Waals surface area contributed by atoms with Gasteiger partial charge >= 0.3 is 5.97 Å². The van der Waals surface area contributed by atoms with Gasteiger partial charge in [-0.2, -0.15) is 9.78 Å². The van der Waals surface area contributed by atoms with Crippen molar-refractivity contribution >= 4 is 5.97 Å². The van der Waals surface area contributed by atoms with Gasteiger partial charge in [0.25, 0.3) is 12.0 Å². The van der Waals surface area contributed by atoms with E-state index in [0.717, 1.165) is 23.0 Å². The minimum Gasteiger partial charge on any atom is -0.477 e. The number of carboxylic acid groups (broad SMARTS) is 1. The molecule has 1 N–H and O–H groups in total. The van der Waals surface area contributed by atoms with Crippen molar-refractivity contribution in [1.29, 1.82) is 0 Å². The van der Waals surface area contributed by atoms with E-state index in [1.165, 1.54) is 24.5 Å². The van der Waals surface area contributed by atoms with Crippen LogP contribution in [0, 0.1) is 0 Å². The van der Waals surface area contributed by atoms with Gasteiger partial charge < -0.3 is 5.11 Å². The Morgan fingerprint density at radius 2 is 2.00 bits per heavy atom. The number of aromatic carboxylic acids is 1. The van der Waals surface area contributed by atoms with Crippen molar-refractivity contribution in [1.82, 2.24) is 19.7 Å². The monoisotopic (exact) mass is 344 g/mol. The lowest BCUT2D eigenvalue weighted by Gasteiger charge is -2.09. The van der Waals surface area contributed by atoms with Gasteiger partial charge in [0.1, 0.15) is 11.3 Å². The van der Waals surface area contributed by atoms with Crippen LogP contribution in [0.25, 0.3) is 16.9 Å². The molecular weight excluding hydrogens is 334 g/mol. The Morgan fingerprint density at radius 3 is 2.56 bits per heavy atom. The summed E-state index contributed by atoms with van der Waals surface area (Å²) in [5.41, 5.74) is -1.08. The molecule has 3 heterocycles. The quantitative estimate of drug-likeness (QED) is 0.780. The van der Waals surface area contributed by atoms with Crippen LogP contribution in [0.1, 0.15) is 22.5 Å². The number of hydrogen-bond donors (Lipinski definition) is 1. The summed E-state index contributed by atoms with van der Waals surface area (Å²) in [6.07, 6.45) is 1.26. The van der Waals surface area contributed by atoms with E-state index in [2.05, 4.69) is 15.1 Å². The summed E-state index contributed by atoms with van der Waals surface area (Å²) in [7, 11) is 0. The topological polar surface area (TPSA) is 98.0 Å². The molecule has 0 saturated heterocycles. The van der Waals surface area contributed by atoms with Crippen molar-refractivity contribution < 1.29 is 18.7 Å². The maximum absolute atomic E-state index is 12.6. The third kappa shape index (κ3) is 3.25. The average molecular weight is 344 g/mol. The smallest absolute Gasteiger partial charge is 0.341 e. The molecule has 25 heavy (non-hydrogen) atoms. The number of halogens is 2. The first-order chi connectivity index (χ1) is 12.0. The lowest BCUT2D eigenvalue weighted by molar-refractivity contribution is 0.0694. The molecule has 9 heteroatoms. The third-order valence-electron chi connectivity index (χ3n) is 3.34. The molecule has 0 spiro atoms. The van der Waals surface area contributed by atoms with Gasteiger partial charge in [-0.1, -0.05) is 0 Å². The lowest BCUT2D eigenvalue weighted by atomic mass is 10.1. The molecule has 126 valence electrons. The van der Waals surface area contributed by atoms with Crippen molar-refractivity contribution in [3.8, 4) is 16.9 Å². The van der Waals surface area contributed by atoms with E-state index in [0.29, 0.717) is 5.56 Å². The Hall–Kier alpha value is -3.49. The van der Waals surface area contributed by atoms with Crippen LogP contribution in [-0.2, 0) is 0 Å². The summed E-state index contributed by atoms with van der Waals surface area (Å²) >= 11 is 0. The number of hydrogen-bond acceptors (Lipinski definition) is 5. The number of rotatable bonds is 4. The number of pyridine rings is 2. The highest BCUT2D eigenvalue weighted by Gasteiger charge is 2.17. The van der Waals surface area contributed by atoms with Gasteiger partial charge in [-0.3, -0.25) is 14.8 Å². The van der Waals surface area contributed by atoms with Crippen molar-refractivity contribution in [2.24, 2.45) is 0 Å². The fourth-order valence-electron chi connectivity index (χ4n) is 2.13. The van der Waals surface area contributed by atoms with Gasteiger partial charge in [0.15, 0.2) is 0 Å². The van der Waals surface area contributed by atoms with Crippen LogP contribution in [0.4, 0.5) is 8.78 Å². The summed E-state index contributed by atoms with van der Waals surface area (Å²) in [5, 5.41) is 13.4. The second kappa shape index (κ2) is 6.56. The number of carboxylic acids is 1. The van der Waals surface area contributed by atoms with E-state index in [1.54, 1.807) is 6.07 Å². The maximum atomic E-state index is 12.6. The van der Waals surface area contributed by atoms with Crippen molar-refractivity contribution in [3.63, 3.8) is 0 Å². The first-order valence-corrected chi connectivity index (χ1v) is 7.00. The zero-order valence-electron chi connectivity index (χ0n) is 12.5. The Balaban J connectivity index is 2.19. The molecule has 0 saturated carbocycles. The fraction of sp³-hybridized carbons (Fsp3) is 0.0625. The molecule has 0 aromatic carbocycles. The standard InChI is InChI=1S/C16H10F2N4O3/c17-14(18)12-4-3-9(7-20-12)13-6-11(16(24)25)15(23)22(21-13)10-2-1-5-19-8-10/h1-8,14H,(H,24,25). The molecule has 3 aromatic heterocycles. The molecule has 7 nitrogen and oxygen atoms in total. The van der Waals surface area contributed by atoms with Crippen LogP contribution >= 0.6 is 0 Å². The summed E-state index contributed by atoms with van der Waals surface area (Å²) in [6, 6.07) is 6.63. The van der Waals surface area contributed by atoms with Gasteiger partial charge in [0.2, 0.25) is 0 Å². The number of nitrogens with zero attached hydrogens (tertiary/aromatic N) is 4. The summed E-state index contributed by atoms with van der Waals surface area (Å²) < 4.78 is 26.1. The Labute approximate surface area is 139 Å². The van der Waals surface area contributed by atoms with Gasteiger partial charge in [0.05, 0.1) is 17.6 Å². The first kappa shape index (κ1) is 16.4. The van der Waals surface area contributed by atoms with Gasteiger partial charge in [0, 0.05) is 18.0 Å². The van der Waals surface area contributed by atoms with E-state index in [4.69, 9.17) is 0 Å². The largest absolute Gasteiger partial charge is 0.477 e. The predicted molar refractivity (Wildman–Crippen MR) is 82.8 cm³/mol. The zero-order chi connectivity index (χ0) is 18.0. The highest BCUT2D eigenvalue weighted by molar-refractivity contribution is 5.88. The van der Waals surface area contributed by atoms with Crippen LogP contribution in [0.15, 0.2) is 53.7 Å². The van der Waals surface area contributed by atoms with E-state index >= 15 is 0 Å². The molecule has 0 atom stereocenters. The highest BCUT2D eigenvalue weighted by Crippen LogP contribution is 2.21. The molecule has 0 radical (unpaired) electrons. The van der Waals surface area contributed by atoms with E-state index < -0.39 is 29.2 Å². The van der Waals surface area contributed by atoms with Gasteiger partial charge in [-0.15, -0.1) is 0 Å². The number of alkyl halides is 2. The highest BCUT2D eigenvalue weighted by atomic mass is 19.3. The molecule has 0 aliphatic heterocycles. The van der Waals surface area contributed by atoms with Crippen LogP contribution in [0.2, 0.25) is 0 Å². The molecule has 3 rings (SSSR count). The molecule has 0 bridgehead atoms. The lowest BCUT2D eigenvalue weighted by Crippen LogP contribution is -2.27. The summed E-state index contributed by atoms with van der Waals surface area (Å²) in [6.45, 7) is 0. The molecule has 0 aliphatic carbocycles. The van der Waals surface area contributed by atoms with Crippen LogP contribution in [0.5, 0.6) is 0 Å². The molecule has 0 fully saturated rings. The second-order valence-corrected chi connectivity index (χ2v) is 4.95. The van der Waals surface area contributed by atoms with E-state index in [-0.39, 0.29) is 11.4 Å². The normalized spacial score (nSPS) is 10.8. The van der Waals surface area contributed by atoms with Crippen LogP contribution < -0.4 is 5.56 Å². The Kier molecular flexibility index (Phi) is 4.29. The van der Waals surface area contributed by atoms with E-state index in [1.807, 2.05) is 0 Å². The maximum Gasteiger partial charge on any atom is 0.341 e. The van der Waals surface area contributed by atoms with E-state index in [9.17, 15) is 23.5 Å². The number of carbonyl (C=O) groups is 1. The molecular formula is C16H10F2N4O3. The third-order valence-corrected chi connectivity index (χ3v) is 3.34. The van der Waals surface area contributed by atoms with Crippen molar-refractivity contribution in [3.05, 3.63) is 70.5 Å². The van der Waals surface area contributed by atoms with Crippen LogP contribution in [0.3, 0.4) is 0 Å². The van der Waals surface area contributed by atoms with Crippen molar-refractivity contribution in [2.75, 3.05) is 0 Å². The summed E-state index contributed by atoms with van der Waals surface area (Å²) in [4.78, 5) is 31.2. The van der Waals surface area contributed by atoms with Gasteiger partial charge in [-0.25, -0.2) is 13.6 Å². The van der Waals surface area contributed by atoms with Crippen LogP contribution in [-0.4, -0.2) is 30.8 Å². The SMILES string of the molecule is O=C(O)c1cc(-c2ccc(C(F)F)nc2)nn(-c2cccnc2)c1=O. The zero-order valence-corrected chi connectivity index (χ0v) is 12.5. The molecule has 0 unspecified atom stereocenters. The number of aromatic nitrogens is 4. The predicted octanol–water partition coefficient (Wildman–Crippen LogP) is 2.33. The average Bonchev–Trinajstić information content (AvgIpc) is 2.62. The first-order valence-electron chi connectivity index (χ1n) is 7.00. The Morgan fingerprint density at radius 1 is 1.20 bits per heavy atom. The second-order valence-electron chi connectivity index (χ2n) is 4.95. The molecule has 0 amide bonds. The summed E-state index contributed by atoms with van der Waals surface area (Å²) in [5.74, 6) is -1.43. The molecule has 0 aliphatic rings. The fourth-order valence-corrected chi connectivity index (χ4v) is 2.13.